The van der Waals surface area contributed by atoms with Gasteiger partial charge in [-0.2, -0.15) is 0 Å². The van der Waals surface area contributed by atoms with Crippen LogP contribution in [0.15, 0.2) is 41.0 Å². The molecule has 2 aromatic heterocycles. The topological polar surface area (TPSA) is 43.3 Å². The molecule has 0 aliphatic rings. The van der Waals surface area contributed by atoms with Crippen LogP contribution in [-0.4, -0.2) is 9.38 Å². The Bertz CT molecular complexity index is 780. The lowest BCUT2D eigenvalue weighted by Crippen LogP contribution is -1.94. The lowest BCUT2D eigenvalue weighted by atomic mass is 10.1. The summed E-state index contributed by atoms with van der Waals surface area (Å²) in [4.78, 5) is 4.56. The predicted molar refractivity (Wildman–Crippen MR) is 77.4 cm³/mol. The number of pyridine rings is 1. The number of hydrogen-bond donors (Lipinski definition) is 1. The van der Waals surface area contributed by atoms with Crippen molar-refractivity contribution in [1.29, 1.82) is 0 Å². The summed E-state index contributed by atoms with van der Waals surface area (Å²) in [6.45, 7) is 1.98. The van der Waals surface area contributed by atoms with Crippen LogP contribution in [0.5, 0.6) is 0 Å². The fraction of sp³-hybridized carbons (Fsp3) is 0.0714. The van der Waals surface area contributed by atoms with Crippen LogP contribution in [0.3, 0.4) is 0 Å². The number of fused-ring (bicyclic) bond motifs is 1. The first-order chi connectivity index (χ1) is 9.08. The number of halogens is 2. The monoisotopic (exact) mass is 319 g/mol. The molecule has 3 aromatic rings. The van der Waals surface area contributed by atoms with Gasteiger partial charge >= 0.3 is 0 Å². The Kier molecular flexibility index (Phi) is 2.78. The minimum atomic E-state index is -0.297. The van der Waals surface area contributed by atoms with Crippen molar-refractivity contribution >= 4 is 27.4 Å². The van der Waals surface area contributed by atoms with Gasteiger partial charge in [0.25, 0.3) is 0 Å². The van der Waals surface area contributed by atoms with Gasteiger partial charge in [-0.25, -0.2) is 9.37 Å². The summed E-state index contributed by atoms with van der Waals surface area (Å²) in [6, 6.07) is 8.38. The molecule has 3 nitrogen and oxygen atoms in total. The van der Waals surface area contributed by atoms with Crippen LogP contribution >= 0.6 is 15.9 Å². The summed E-state index contributed by atoms with van der Waals surface area (Å²) < 4.78 is 15.6. The van der Waals surface area contributed by atoms with Gasteiger partial charge in [0.2, 0.25) is 0 Å². The lowest BCUT2D eigenvalue weighted by molar-refractivity contribution is 0.627. The molecule has 2 N–H and O–H groups in total. The fourth-order valence-corrected chi connectivity index (χ4v) is 2.64. The third-order valence-electron chi connectivity index (χ3n) is 3.07. The highest BCUT2D eigenvalue weighted by atomic mass is 79.9. The van der Waals surface area contributed by atoms with Gasteiger partial charge in [0.05, 0.1) is 0 Å². The molecule has 1 aromatic carbocycles. The Hall–Kier alpha value is -1.88. The van der Waals surface area contributed by atoms with E-state index in [1.807, 2.05) is 29.7 Å². The Morgan fingerprint density at radius 3 is 2.79 bits per heavy atom. The average Bonchev–Trinajstić information content (AvgIpc) is 2.69. The highest BCUT2D eigenvalue weighted by molar-refractivity contribution is 9.10. The second kappa shape index (κ2) is 4.35. The lowest BCUT2D eigenvalue weighted by Gasteiger charge is -2.02. The van der Waals surface area contributed by atoms with E-state index in [1.165, 1.54) is 12.1 Å². The minimum Gasteiger partial charge on any atom is -0.383 e. The molecule has 3 rings (SSSR count). The summed E-state index contributed by atoms with van der Waals surface area (Å²) in [5, 5.41) is 0. The maximum atomic E-state index is 13.1. The van der Waals surface area contributed by atoms with Crippen molar-refractivity contribution in [3.63, 3.8) is 0 Å². The van der Waals surface area contributed by atoms with Crippen molar-refractivity contribution in [2.45, 2.75) is 6.92 Å². The van der Waals surface area contributed by atoms with Crippen LogP contribution in [-0.2, 0) is 0 Å². The van der Waals surface area contributed by atoms with Gasteiger partial charge < -0.3 is 5.73 Å². The molecule has 19 heavy (non-hydrogen) atoms. The molecule has 0 saturated heterocycles. The molecule has 96 valence electrons. The zero-order valence-electron chi connectivity index (χ0n) is 10.2. The quantitative estimate of drug-likeness (QED) is 0.741. The number of aryl methyl sites for hydroxylation is 1. The molecular weight excluding hydrogens is 309 g/mol. The number of nitrogens with zero attached hydrogens (tertiary/aromatic N) is 2. The molecule has 0 unspecified atom stereocenters. The summed E-state index contributed by atoms with van der Waals surface area (Å²) in [6.07, 6.45) is 1.87. The van der Waals surface area contributed by atoms with Crippen molar-refractivity contribution < 1.29 is 4.39 Å². The highest BCUT2D eigenvalue weighted by Gasteiger charge is 2.15. The Labute approximate surface area is 118 Å². The van der Waals surface area contributed by atoms with E-state index < -0.39 is 0 Å². The smallest absolute Gasteiger partial charge is 0.142 e. The molecule has 0 atom stereocenters. The number of nitrogens with two attached hydrogens (primary N) is 1. The molecule has 5 heteroatoms. The first-order valence-corrected chi connectivity index (χ1v) is 6.56. The number of anilines is 1. The van der Waals surface area contributed by atoms with Gasteiger partial charge in [0.1, 0.15) is 23.0 Å². The normalized spacial score (nSPS) is 11.1. The molecule has 0 spiro atoms. The van der Waals surface area contributed by atoms with Crippen LogP contribution in [0.25, 0.3) is 16.9 Å². The first kappa shape index (κ1) is 12.2. The molecule has 2 heterocycles. The van der Waals surface area contributed by atoms with Gasteiger partial charge in [-0.15, -0.1) is 0 Å². The molecule has 0 saturated carbocycles. The zero-order chi connectivity index (χ0) is 13.6. The van der Waals surface area contributed by atoms with Crippen molar-refractivity contribution in [2.24, 2.45) is 0 Å². The maximum Gasteiger partial charge on any atom is 0.142 e. The third-order valence-corrected chi connectivity index (χ3v) is 3.72. The van der Waals surface area contributed by atoms with E-state index in [9.17, 15) is 4.39 Å². The number of aromatic nitrogens is 2. The third kappa shape index (κ3) is 1.90. The number of nitrogen functional groups attached to an aromatic ring is 1. The van der Waals surface area contributed by atoms with E-state index >= 15 is 0 Å². The molecule has 0 aliphatic carbocycles. The van der Waals surface area contributed by atoms with Gasteiger partial charge in [0.15, 0.2) is 0 Å². The van der Waals surface area contributed by atoms with E-state index in [0.717, 1.165) is 16.8 Å². The summed E-state index contributed by atoms with van der Waals surface area (Å²) in [5.41, 5.74) is 9.42. The second-order valence-electron chi connectivity index (χ2n) is 4.35. The maximum absolute atomic E-state index is 13.1. The van der Waals surface area contributed by atoms with Crippen LogP contribution in [0, 0.1) is 12.7 Å². The largest absolute Gasteiger partial charge is 0.383 e. The second-order valence-corrected chi connectivity index (χ2v) is 5.21. The Morgan fingerprint density at radius 1 is 1.32 bits per heavy atom. The molecule has 0 bridgehead atoms. The van der Waals surface area contributed by atoms with Crippen LogP contribution in [0.2, 0.25) is 0 Å². The van der Waals surface area contributed by atoms with Crippen LogP contribution < -0.4 is 5.73 Å². The standard InChI is InChI=1S/C14H11BrFN3/c1-8-3-2-6-19-13(17)12(18-14(8)19)10-5-4-9(16)7-11(10)15/h2-7H,17H2,1H3. The molecular formula is C14H11BrFN3. The Balaban J connectivity index is 2.31. The van der Waals surface area contributed by atoms with Crippen molar-refractivity contribution in [2.75, 3.05) is 5.73 Å². The van der Waals surface area contributed by atoms with E-state index in [2.05, 4.69) is 20.9 Å². The van der Waals surface area contributed by atoms with Gasteiger partial charge in [0, 0.05) is 16.2 Å². The van der Waals surface area contributed by atoms with Crippen molar-refractivity contribution in [1.82, 2.24) is 9.38 Å². The van der Waals surface area contributed by atoms with Gasteiger partial charge in [-0.05, 0) is 52.7 Å². The zero-order valence-corrected chi connectivity index (χ0v) is 11.8. The van der Waals surface area contributed by atoms with E-state index in [0.29, 0.717) is 16.0 Å². The molecule has 0 fully saturated rings. The van der Waals surface area contributed by atoms with E-state index in [1.54, 1.807) is 6.07 Å². The minimum absolute atomic E-state index is 0.297. The number of benzene rings is 1. The Morgan fingerprint density at radius 2 is 2.11 bits per heavy atom. The molecule has 0 aliphatic heterocycles. The number of hydrogen-bond acceptors (Lipinski definition) is 2. The van der Waals surface area contributed by atoms with E-state index in [4.69, 9.17) is 5.73 Å². The highest BCUT2D eigenvalue weighted by Crippen LogP contribution is 2.33. The van der Waals surface area contributed by atoms with Gasteiger partial charge in [-0.1, -0.05) is 6.07 Å². The van der Waals surface area contributed by atoms with E-state index in [-0.39, 0.29) is 5.82 Å². The van der Waals surface area contributed by atoms with Gasteiger partial charge in [-0.3, -0.25) is 4.40 Å². The molecule has 0 amide bonds. The van der Waals surface area contributed by atoms with Crippen LogP contribution in [0.4, 0.5) is 10.2 Å². The predicted octanol–water partition coefficient (Wildman–Crippen LogP) is 3.79. The number of rotatable bonds is 1. The van der Waals surface area contributed by atoms with Crippen molar-refractivity contribution in [3.05, 3.63) is 52.4 Å². The average molecular weight is 320 g/mol. The SMILES string of the molecule is Cc1cccn2c(N)c(-c3ccc(F)cc3Br)nc12. The summed E-state index contributed by atoms with van der Waals surface area (Å²) in [5.74, 6) is 0.250. The van der Waals surface area contributed by atoms with Crippen molar-refractivity contribution in [3.8, 4) is 11.3 Å². The summed E-state index contributed by atoms with van der Waals surface area (Å²) in [7, 11) is 0. The fourth-order valence-electron chi connectivity index (χ4n) is 2.10. The first-order valence-electron chi connectivity index (χ1n) is 5.76. The number of imidazole rings is 1. The summed E-state index contributed by atoms with van der Waals surface area (Å²) >= 11 is 3.35. The van der Waals surface area contributed by atoms with Crippen LogP contribution in [0.1, 0.15) is 5.56 Å². The molecule has 0 radical (unpaired) electrons.